The number of aryl methyl sites for hydroxylation is 1. The topological polar surface area (TPSA) is 85.5 Å². The summed E-state index contributed by atoms with van der Waals surface area (Å²) < 4.78 is 2.12. The van der Waals surface area contributed by atoms with Crippen LogP contribution in [0.5, 0.6) is 0 Å². The summed E-state index contributed by atoms with van der Waals surface area (Å²) in [4.78, 5) is 21.4. The maximum absolute atomic E-state index is 5.06. The highest BCUT2D eigenvalue weighted by Crippen LogP contribution is 2.49. The molecule has 0 radical (unpaired) electrons. The Kier molecular flexibility index (Phi) is 3.89. The van der Waals surface area contributed by atoms with Gasteiger partial charge in [-0.2, -0.15) is 0 Å². The van der Waals surface area contributed by atoms with Gasteiger partial charge in [0.15, 0.2) is 17.5 Å². The third-order valence-corrected chi connectivity index (χ3v) is 6.52. The van der Waals surface area contributed by atoms with Gasteiger partial charge in [0.05, 0.1) is 11.9 Å². The van der Waals surface area contributed by atoms with Gasteiger partial charge < -0.3 is 4.90 Å². The molecule has 2 aliphatic heterocycles. The van der Waals surface area contributed by atoms with Crippen LogP contribution >= 0.6 is 0 Å². The van der Waals surface area contributed by atoms with Crippen LogP contribution in [0.4, 0.5) is 5.82 Å². The molecule has 31 heavy (non-hydrogen) atoms. The second-order valence-electron chi connectivity index (χ2n) is 8.07. The lowest BCUT2D eigenvalue weighted by atomic mass is 9.90. The normalized spacial score (nSPS) is 19.1. The molecule has 1 atom stereocenters. The van der Waals surface area contributed by atoms with Gasteiger partial charge in [0.2, 0.25) is 0 Å². The third-order valence-electron chi connectivity index (χ3n) is 6.52. The van der Waals surface area contributed by atoms with E-state index < -0.39 is 0 Å². The molecule has 0 aliphatic carbocycles. The van der Waals surface area contributed by atoms with E-state index in [1.165, 1.54) is 0 Å². The van der Waals surface area contributed by atoms with Gasteiger partial charge in [-0.05, 0) is 26.2 Å². The minimum atomic E-state index is -0.176. The lowest BCUT2D eigenvalue weighted by molar-refractivity contribution is 0.381. The average Bonchev–Trinajstić information content (AvgIpc) is 3.44. The summed E-state index contributed by atoms with van der Waals surface area (Å²) in [6, 6.07) is 10.0. The Morgan fingerprint density at radius 1 is 1.00 bits per heavy atom. The van der Waals surface area contributed by atoms with Crippen LogP contribution in [-0.2, 0) is 5.54 Å². The van der Waals surface area contributed by atoms with Crippen LogP contribution in [0.15, 0.2) is 48.9 Å². The predicted octanol–water partition coefficient (Wildman–Crippen LogP) is 3.71. The minimum absolute atomic E-state index is 0.176. The second-order valence-corrected chi connectivity index (χ2v) is 8.07. The molecule has 6 rings (SSSR count). The molecule has 0 saturated carbocycles. The highest BCUT2D eigenvalue weighted by atomic mass is 15.4. The monoisotopic (exact) mass is 410 g/mol. The molecule has 0 unspecified atom stereocenters. The molecule has 0 N–H and O–H groups in total. The van der Waals surface area contributed by atoms with Crippen LogP contribution < -0.4 is 4.90 Å². The molecule has 1 fully saturated rings. The first-order chi connectivity index (χ1) is 15.2. The summed E-state index contributed by atoms with van der Waals surface area (Å²) in [7, 11) is 0. The summed E-state index contributed by atoms with van der Waals surface area (Å²) in [6.07, 6.45) is 8.36. The number of hydrogen-bond donors (Lipinski definition) is 0. The Hall–Kier alpha value is -3.68. The second kappa shape index (κ2) is 6.66. The summed E-state index contributed by atoms with van der Waals surface area (Å²) in [5.74, 6) is 3.36. The van der Waals surface area contributed by atoms with Crippen molar-refractivity contribution in [1.82, 2.24) is 34.7 Å². The van der Waals surface area contributed by atoms with E-state index in [0.717, 1.165) is 60.2 Å². The van der Waals surface area contributed by atoms with Crippen LogP contribution in [0.2, 0.25) is 0 Å². The molecule has 1 aromatic carbocycles. The SMILES string of the molecule is CC[C@@]12CCCN1c1nc(-c3nccnc3-c3ccccc3)ncc1-n1c(C)nnc12. The van der Waals surface area contributed by atoms with Gasteiger partial charge in [-0.3, -0.25) is 9.55 Å². The first-order valence-electron chi connectivity index (χ1n) is 10.7. The standard InChI is InChI=1S/C23H22N8/c1-3-23-10-7-13-30(23)21-17(31-15(2)28-29-22(23)31)14-26-20(27-21)19-18(24-11-12-25-19)16-8-5-4-6-9-16/h4-6,8-9,11-12,14H,3,7,10,13H2,1-2H3/t23-/m0/s1. The zero-order valence-electron chi connectivity index (χ0n) is 17.5. The molecule has 4 aromatic rings. The van der Waals surface area contributed by atoms with Crippen LogP contribution in [0, 0.1) is 6.92 Å². The van der Waals surface area contributed by atoms with Crippen LogP contribution in [0.1, 0.15) is 37.8 Å². The zero-order valence-corrected chi connectivity index (χ0v) is 17.5. The largest absolute Gasteiger partial charge is 0.342 e. The summed E-state index contributed by atoms with van der Waals surface area (Å²) in [5.41, 5.74) is 3.21. The molecule has 0 spiro atoms. The van der Waals surface area contributed by atoms with Crippen molar-refractivity contribution in [2.45, 2.75) is 38.6 Å². The van der Waals surface area contributed by atoms with E-state index >= 15 is 0 Å². The van der Waals surface area contributed by atoms with Gasteiger partial charge in [-0.1, -0.05) is 37.3 Å². The van der Waals surface area contributed by atoms with Crippen molar-refractivity contribution in [3.8, 4) is 28.5 Å². The number of nitrogens with zero attached hydrogens (tertiary/aromatic N) is 8. The van der Waals surface area contributed by atoms with Gasteiger partial charge in [0, 0.05) is 24.5 Å². The van der Waals surface area contributed by atoms with Gasteiger partial charge in [0.25, 0.3) is 0 Å². The lowest BCUT2D eigenvalue weighted by Gasteiger charge is -2.42. The Morgan fingerprint density at radius 3 is 2.61 bits per heavy atom. The molecule has 0 amide bonds. The van der Waals surface area contributed by atoms with Gasteiger partial charge in [-0.15, -0.1) is 10.2 Å². The summed E-state index contributed by atoms with van der Waals surface area (Å²) in [6.45, 7) is 5.14. The third kappa shape index (κ3) is 2.47. The van der Waals surface area contributed by atoms with E-state index in [9.17, 15) is 0 Å². The van der Waals surface area contributed by atoms with Crippen molar-refractivity contribution in [3.63, 3.8) is 0 Å². The van der Waals surface area contributed by atoms with Crippen molar-refractivity contribution in [1.29, 1.82) is 0 Å². The fourth-order valence-corrected chi connectivity index (χ4v) is 5.04. The fourth-order valence-electron chi connectivity index (χ4n) is 5.04. The molecule has 8 nitrogen and oxygen atoms in total. The van der Waals surface area contributed by atoms with E-state index in [1.807, 2.05) is 43.5 Å². The average molecular weight is 410 g/mol. The Morgan fingerprint density at radius 2 is 1.81 bits per heavy atom. The van der Waals surface area contributed by atoms with Crippen molar-refractivity contribution in [2.24, 2.45) is 0 Å². The molecular weight excluding hydrogens is 388 g/mol. The Balaban J connectivity index is 1.57. The van der Waals surface area contributed by atoms with Crippen LogP contribution in [0.3, 0.4) is 0 Å². The smallest absolute Gasteiger partial charge is 0.182 e. The maximum atomic E-state index is 5.06. The lowest BCUT2D eigenvalue weighted by Crippen LogP contribution is -2.47. The van der Waals surface area contributed by atoms with E-state index in [2.05, 4.69) is 36.6 Å². The number of fused-ring (bicyclic) bond motifs is 6. The van der Waals surface area contributed by atoms with E-state index in [4.69, 9.17) is 9.97 Å². The van der Waals surface area contributed by atoms with Crippen molar-refractivity contribution in [2.75, 3.05) is 11.4 Å². The molecule has 154 valence electrons. The number of aromatic nitrogens is 7. The molecule has 3 aromatic heterocycles. The number of anilines is 1. The summed E-state index contributed by atoms with van der Waals surface area (Å²) in [5, 5.41) is 8.96. The van der Waals surface area contributed by atoms with Crippen molar-refractivity contribution >= 4 is 5.82 Å². The number of hydrogen-bond acceptors (Lipinski definition) is 7. The Bertz CT molecular complexity index is 1280. The predicted molar refractivity (Wildman–Crippen MR) is 117 cm³/mol. The van der Waals surface area contributed by atoms with Gasteiger partial charge in [0.1, 0.15) is 22.7 Å². The quantitative estimate of drug-likeness (QED) is 0.509. The molecule has 1 saturated heterocycles. The number of benzene rings is 1. The Labute approximate surface area is 180 Å². The molecular formula is C23H22N8. The molecule has 8 heteroatoms. The minimum Gasteiger partial charge on any atom is -0.342 e. The van der Waals surface area contributed by atoms with Gasteiger partial charge >= 0.3 is 0 Å². The first-order valence-corrected chi connectivity index (χ1v) is 10.7. The zero-order chi connectivity index (χ0) is 21.0. The molecule has 5 heterocycles. The highest BCUT2D eigenvalue weighted by Gasteiger charge is 2.50. The molecule has 0 bridgehead atoms. The summed E-state index contributed by atoms with van der Waals surface area (Å²) >= 11 is 0. The van der Waals surface area contributed by atoms with E-state index in [-0.39, 0.29) is 5.54 Å². The number of rotatable bonds is 3. The molecule has 2 aliphatic rings. The fraction of sp³-hybridized carbons (Fsp3) is 0.304. The highest BCUT2D eigenvalue weighted by molar-refractivity contribution is 5.76. The van der Waals surface area contributed by atoms with E-state index in [0.29, 0.717) is 11.5 Å². The van der Waals surface area contributed by atoms with Crippen LogP contribution in [0.25, 0.3) is 28.5 Å². The van der Waals surface area contributed by atoms with Crippen molar-refractivity contribution < 1.29 is 0 Å². The van der Waals surface area contributed by atoms with Crippen LogP contribution in [-0.4, -0.2) is 41.2 Å². The van der Waals surface area contributed by atoms with Gasteiger partial charge in [-0.25, -0.2) is 15.0 Å². The van der Waals surface area contributed by atoms with Crippen molar-refractivity contribution in [3.05, 3.63) is 60.6 Å². The maximum Gasteiger partial charge on any atom is 0.182 e. The van der Waals surface area contributed by atoms with E-state index in [1.54, 1.807) is 12.4 Å². The first kappa shape index (κ1) is 18.1.